The number of likely N-dealkylation sites (tertiary alicyclic amines) is 1. The largest absolute Gasteiger partial charge is 0.427 e. The molecule has 0 atom stereocenters. The van der Waals surface area contributed by atoms with Crippen LogP contribution in [0.2, 0.25) is 0 Å². The molecule has 0 unspecified atom stereocenters. The molecule has 0 aromatic carbocycles. The molecule has 0 amide bonds. The average molecular weight is 325 g/mol. The Morgan fingerprint density at radius 1 is 1.00 bits per heavy atom. The molecular weight excluding hydrogens is 306 g/mol. The Morgan fingerprint density at radius 2 is 1.88 bits per heavy atom. The zero-order chi connectivity index (χ0) is 15.9. The van der Waals surface area contributed by atoms with Crippen LogP contribution in [0.1, 0.15) is 54.9 Å². The molecule has 8 heteroatoms. The second-order valence-corrected chi connectivity index (χ2v) is 6.74. The standard InChI is InChI=1S/C16H19N7O/c1-2-11(1)13-3-4-14-18-20-16(23(14)21-13)12-5-7-22(8-6-12)9-15-19-17-10-24-15/h3-4,10-12H,1-2,5-9H2. The van der Waals surface area contributed by atoms with Gasteiger partial charge in [-0.1, -0.05) is 0 Å². The first-order valence-corrected chi connectivity index (χ1v) is 8.56. The van der Waals surface area contributed by atoms with Crippen LogP contribution in [0.5, 0.6) is 0 Å². The molecule has 0 radical (unpaired) electrons. The minimum atomic E-state index is 0.404. The average Bonchev–Trinajstić information content (AvgIpc) is 3.18. The third-order valence-corrected chi connectivity index (χ3v) is 5.02. The lowest BCUT2D eigenvalue weighted by Crippen LogP contribution is -2.33. The molecule has 4 heterocycles. The fourth-order valence-electron chi connectivity index (χ4n) is 3.48. The van der Waals surface area contributed by atoms with E-state index in [0.717, 1.165) is 43.9 Å². The van der Waals surface area contributed by atoms with Crippen LogP contribution in [0.15, 0.2) is 22.9 Å². The van der Waals surface area contributed by atoms with Gasteiger partial charge in [0, 0.05) is 11.8 Å². The highest BCUT2D eigenvalue weighted by Gasteiger charge is 2.28. The highest BCUT2D eigenvalue weighted by molar-refractivity contribution is 5.38. The summed E-state index contributed by atoms with van der Waals surface area (Å²) in [5, 5.41) is 21.2. The van der Waals surface area contributed by atoms with E-state index in [1.807, 2.05) is 10.6 Å². The fourth-order valence-corrected chi connectivity index (χ4v) is 3.48. The molecule has 124 valence electrons. The molecule has 8 nitrogen and oxygen atoms in total. The fraction of sp³-hybridized carbons (Fsp3) is 0.562. The summed E-state index contributed by atoms with van der Waals surface area (Å²) < 4.78 is 7.20. The molecule has 0 bridgehead atoms. The zero-order valence-corrected chi connectivity index (χ0v) is 13.4. The van der Waals surface area contributed by atoms with Gasteiger partial charge in [-0.15, -0.1) is 20.4 Å². The summed E-state index contributed by atoms with van der Waals surface area (Å²) in [4.78, 5) is 2.34. The number of fused-ring (bicyclic) bond motifs is 1. The van der Waals surface area contributed by atoms with E-state index in [9.17, 15) is 0 Å². The predicted octanol–water partition coefficient (Wildman–Crippen LogP) is 1.76. The van der Waals surface area contributed by atoms with Crippen molar-refractivity contribution in [3.63, 3.8) is 0 Å². The van der Waals surface area contributed by atoms with Crippen LogP contribution < -0.4 is 0 Å². The lowest BCUT2D eigenvalue weighted by atomic mass is 9.96. The Bertz CT molecular complexity index is 831. The molecule has 3 aromatic heterocycles. The topological polar surface area (TPSA) is 85.2 Å². The van der Waals surface area contributed by atoms with Crippen molar-refractivity contribution >= 4 is 5.65 Å². The smallest absolute Gasteiger partial charge is 0.230 e. The maximum Gasteiger partial charge on any atom is 0.230 e. The maximum atomic E-state index is 5.23. The molecule has 1 aliphatic heterocycles. The van der Waals surface area contributed by atoms with Crippen molar-refractivity contribution in [1.29, 1.82) is 0 Å². The normalized spacial score (nSPS) is 20.0. The molecule has 5 rings (SSSR count). The van der Waals surface area contributed by atoms with Gasteiger partial charge in [-0.3, -0.25) is 4.90 Å². The van der Waals surface area contributed by atoms with Gasteiger partial charge in [0.25, 0.3) is 0 Å². The Kier molecular flexibility index (Phi) is 3.29. The third kappa shape index (κ3) is 2.56. The van der Waals surface area contributed by atoms with Crippen LogP contribution in [0.25, 0.3) is 5.65 Å². The van der Waals surface area contributed by atoms with Gasteiger partial charge in [-0.25, -0.2) is 0 Å². The summed E-state index contributed by atoms with van der Waals surface area (Å²) >= 11 is 0. The first-order valence-electron chi connectivity index (χ1n) is 8.56. The minimum Gasteiger partial charge on any atom is -0.427 e. The van der Waals surface area contributed by atoms with Gasteiger partial charge in [0.15, 0.2) is 11.5 Å². The molecule has 0 N–H and O–H groups in total. The molecule has 2 fully saturated rings. The van der Waals surface area contributed by atoms with Gasteiger partial charge in [0.2, 0.25) is 12.3 Å². The van der Waals surface area contributed by atoms with E-state index in [-0.39, 0.29) is 0 Å². The third-order valence-electron chi connectivity index (χ3n) is 5.02. The molecule has 1 saturated carbocycles. The first kappa shape index (κ1) is 14.0. The SMILES string of the molecule is c1nnc(CN2CCC(c3nnc4ccc(C5CC5)nn34)CC2)o1. The van der Waals surface area contributed by atoms with E-state index < -0.39 is 0 Å². The maximum absolute atomic E-state index is 5.23. The minimum absolute atomic E-state index is 0.404. The van der Waals surface area contributed by atoms with Crippen molar-refractivity contribution in [3.8, 4) is 0 Å². The van der Waals surface area contributed by atoms with Crippen LogP contribution in [0.4, 0.5) is 0 Å². The van der Waals surface area contributed by atoms with E-state index in [1.54, 1.807) is 0 Å². The van der Waals surface area contributed by atoms with Gasteiger partial charge in [0.1, 0.15) is 0 Å². The number of hydrogen-bond acceptors (Lipinski definition) is 7. The van der Waals surface area contributed by atoms with Crippen molar-refractivity contribution in [2.45, 2.75) is 44.1 Å². The summed E-state index contributed by atoms with van der Waals surface area (Å²) in [5.74, 6) is 2.73. The van der Waals surface area contributed by atoms with Crippen LogP contribution in [-0.2, 0) is 6.54 Å². The summed E-state index contributed by atoms with van der Waals surface area (Å²) in [6.45, 7) is 2.70. The van der Waals surface area contributed by atoms with Crippen molar-refractivity contribution in [2.75, 3.05) is 13.1 Å². The van der Waals surface area contributed by atoms with Crippen LogP contribution in [-0.4, -0.2) is 48.0 Å². The van der Waals surface area contributed by atoms with Crippen LogP contribution in [0.3, 0.4) is 0 Å². The Labute approximate surface area is 138 Å². The molecule has 24 heavy (non-hydrogen) atoms. The lowest BCUT2D eigenvalue weighted by molar-refractivity contribution is 0.184. The lowest BCUT2D eigenvalue weighted by Gasteiger charge is -2.29. The Morgan fingerprint density at radius 3 is 2.62 bits per heavy atom. The number of rotatable bonds is 4. The van der Waals surface area contributed by atoms with Crippen molar-refractivity contribution < 1.29 is 4.42 Å². The van der Waals surface area contributed by atoms with Gasteiger partial charge >= 0.3 is 0 Å². The van der Waals surface area contributed by atoms with Gasteiger partial charge in [-0.2, -0.15) is 9.61 Å². The summed E-state index contributed by atoms with van der Waals surface area (Å²) in [6.07, 6.45) is 5.98. The first-order chi connectivity index (χ1) is 11.9. The Balaban J connectivity index is 1.32. The quantitative estimate of drug-likeness (QED) is 0.722. The van der Waals surface area contributed by atoms with Crippen molar-refractivity contribution in [1.82, 2.24) is 34.9 Å². The zero-order valence-electron chi connectivity index (χ0n) is 13.4. The van der Waals surface area contributed by atoms with Gasteiger partial charge in [-0.05, 0) is 50.9 Å². The van der Waals surface area contributed by atoms with Crippen molar-refractivity contribution in [3.05, 3.63) is 35.9 Å². The monoisotopic (exact) mass is 325 g/mol. The second kappa shape index (κ2) is 5.62. The number of piperidine rings is 1. The second-order valence-electron chi connectivity index (χ2n) is 6.74. The van der Waals surface area contributed by atoms with E-state index in [4.69, 9.17) is 9.52 Å². The summed E-state index contributed by atoms with van der Waals surface area (Å²) in [6, 6.07) is 4.14. The number of aromatic nitrogens is 6. The number of nitrogens with zero attached hydrogens (tertiary/aromatic N) is 7. The molecule has 1 saturated heterocycles. The Hall–Kier alpha value is -2.35. The highest BCUT2D eigenvalue weighted by atomic mass is 16.4. The van der Waals surface area contributed by atoms with E-state index >= 15 is 0 Å². The predicted molar refractivity (Wildman–Crippen MR) is 84.3 cm³/mol. The molecule has 2 aliphatic rings. The highest BCUT2D eigenvalue weighted by Crippen LogP contribution is 2.39. The number of hydrogen-bond donors (Lipinski definition) is 0. The van der Waals surface area contributed by atoms with E-state index in [1.165, 1.54) is 24.9 Å². The summed E-state index contributed by atoms with van der Waals surface area (Å²) in [7, 11) is 0. The molecular formula is C16H19N7O. The van der Waals surface area contributed by atoms with Crippen LogP contribution >= 0.6 is 0 Å². The summed E-state index contributed by atoms with van der Waals surface area (Å²) in [5.41, 5.74) is 2.03. The molecule has 0 spiro atoms. The van der Waals surface area contributed by atoms with Gasteiger partial charge < -0.3 is 4.42 Å². The van der Waals surface area contributed by atoms with E-state index in [2.05, 4.69) is 31.4 Å². The van der Waals surface area contributed by atoms with Crippen LogP contribution in [0, 0.1) is 0 Å². The molecule has 1 aliphatic carbocycles. The van der Waals surface area contributed by atoms with Gasteiger partial charge in [0.05, 0.1) is 12.2 Å². The van der Waals surface area contributed by atoms with Crippen molar-refractivity contribution in [2.24, 2.45) is 0 Å². The molecule has 3 aromatic rings. The van der Waals surface area contributed by atoms with E-state index in [0.29, 0.717) is 17.7 Å².